The van der Waals surface area contributed by atoms with Gasteiger partial charge in [0.15, 0.2) is 0 Å². The number of halogens is 1. The number of nitrogens with one attached hydrogen (secondary N) is 1. The number of hydrogen-bond donors (Lipinski definition) is 1. The van der Waals surface area contributed by atoms with Gasteiger partial charge in [-0.15, -0.1) is 11.3 Å². The van der Waals surface area contributed by atoms with Gasteiger partial charge in [0.2, 0.25) is 5.91 Å². The molecule has 2 heterocycles. The molecule has 34 heavy (non-hydrogen) atoms. The van der Waals surface area contributed by atoms with E-state index in [0.717, 1.165) is 24.0 Å². The Bertz CT molecular complexity index is 1190. The fraction of sp³-hybridized carbons (Fsp3) is 0.333. The third kappa shape index (κ3) is 4.15. The molecular weight excluding hydrogens is 468 g/mol. The van der Waals surface area contributed by atoms with Crippen molar-refractivity contribution in [3.05, 3.63) is 92.6 Å². The van der Waals surface area contributed by atoms with Gasteiger partial charge in [0.05, 0.1) is 23.8 Å². The summed E-state index contributed by atoms with van der Waals surface area (Å²) in [6.07, 6.45) is 1.29. The highest BCUT2D eigenvalue weighted by atomic mass is 35.5. The lowest BCUT2D eigenvalue weighted by Gasteiger charge is -2.44. The second-order valence-corrected chi connectivity index (χ2v) is 10.4. The summed E-state index contributed by atoms with van der Waals surface area (Å²) < 4.78 is 6.63. The maximum Gasteiger partial charge on any atom is 0.265 e. The second kappa shape index (κ2) is 9.53. The Morgan fingerprint density at radius 2 is 1.79 bits per heavy atom. The van der Waals surface area contributed by atoms with E-state index in [4.69, 9.17) is 16.3 Å². The average Bonchev–Trinajstić information content (AvgIpc) is 3.38. The molecule has 0 bridgehead atoms. The number of likely N-dealkylation sites (tertiary alicyclic amines) is 1. The Hall–Kier alpha value is -2.67. The van der Waals surface area contributed by atoms with Gasteiger partial charge in [-0.3, -0.25) is 9.59 Å². The van der Waals surface area contributed by atoms with Crippen molar-refractivity contribution in [2.45, 2.75) is 43.9 Å². The molecule has 1 aromatic heterocycles. The molecule has 2 amide bonds. The zero-order valence-electron chi connectivity index (χ0n) is 19.0. The van der Waals surface area contributed by atoms with Crippen LogP contribution in [0, 0.1) is 0 Å². The highest BCUT2D eigenvalue weighted by molar-refractivity contribution is 7.12. The highest BCUT2D eigenvalue weighted by Gasteiger charge is 2.54. The molecule has 2 aromatic carbocycles. The van der Waals surface area contributed by atoms with Crippen molar-refractivity contribution in [1.82, 2.24) is 10.2 Å². The van der Waals surface area contributed by atoms with Crippen LogP contribution in [0.15, 0.2) is 66.0 Å². The normalized spacial score (nSPS) is 20.8. The average molecular weight is 495 g/mol. The first-order chi connectivity index (χ1) is 16.5. The fourth-order valence-electron chi connectivity index (χ4n) is 5.50. The number of ether oxygens (including phenoxy) is 1. The first-order valence-corrected chi connectivity index (χ1v) is 12.8. The van der Waals surface area contributed by atoms with E-state index in [0.29, 0.717) is 29.6 Å². The summed E-state index contributed by atoms with van der Waals surface area (Å²) in [4.78, 5) is 27.8. The van der Waals surface area contributed by atoms with Gasteiger partial charge in [0, 0.05) is 25.4 Å². The molecule has 7 heteroatoms. The second-order valence-electron chi connectivity index (χ2n) is 9.03. The molecule has 1 fully saturated rings. The Labute approximate surface area is 208 Å². The molecule has 176 valence electrons. The van der Waals surface area contributed by atoms with Gasteiger partial charge < -0.3 is 15.0 Å². The summed E-state index contributed by atoms with van der Waals surface area (Å²) >= 11 is 7.62. The number of nitrogens with zero attached hydrogens (tertiary/aromatic N) is 1. The number of thiophene rings is 1. The number of carbonyl (C=O) groups is 2. The SMILES string of the molecule is CC(=O)N[C@@H]1c2ccccc2C2(CCN(C(=O)c3sccc3Cl)CC2)[C@H]1OCc1ccccc1. The number of benzene rings is 2. The van der Waals surface area contributed by atoms with Crippen LogP contribution in [0.5, 0.6) is 0 Å². The summed E-state index contributed by atoms with van der Waals surface area (Å²) in [5.41, 5.74) is 3.13. The Morgan fingerprint density at radius 3 is 2.47 bits per heavy atom. The molecule has 1 saturated heterocycles. The van der Waals surface area contributed by atoms with Crippen molar-refractivity contribution < 1.29 is 14.3 Å². The molecule has 5 rings (SSSR count). The quantitative estimate of drug-likeness (QED) is 0.520. The van der Waals surface area contributed by atoms with Crippen LogP contribution in [-0.2, 0) is 21.6 Å². The summed E-state index contributed by atoms with van der Waals surface area (Å²) in [6, 6.07) is 19.9. The van der Waals surface area contributed by atoms with Gasteiger partial charge in [-0.2, -0.15) is 0 Å². The molecule has 0 radical (unpaired) electrons. The summed E-state index contributed by atoms with van der Waals surface area (Å²) in [5.74, 6) is -0.0913. The van der Waals surface area contributed by atoms with Crippen LogP contribution in [-0.4, -0.2) is 35.9 Å². The number of piperidine rings is 1. The highest BCUT2D eigenvalue weighted by Crippen LogP contribution is 2.52. The van der Waals surface area contributed by atoms with E-state index in [2.05, 4.69) is 17.4 Å². The topological polar surface area (TPSA) is 58.6 Å². The first-order valence-electron chi connectivity index (χ1n) is 11.5. The maximum atomic E-state index is 13.1. The monoisotopic (exact) mass is 494 g/mol. The lowest BCUT2D eigenvalue weighted by Crippen LogP contribution is -2.51. The lowest BCUT2D eigenvalue weighted by molar-refractivity contribution is -0.122. The zero-order valence-corrected chi connectivity index (χ0v) is 20.6. The predicted octanol–water partition coefficient (Wildman–Crippen LogP) is 5.35. The van der Waals surface area contributed by atoms with Gasteiger partial charge in [-0.25, -0.2) is 0 Å². The van der Waals surface area contributed by atoms with Crippen molar-refractivity contribution >= 4 is 34.8 Å². The van der Waals surface area contributed by atoms with Crippen LogP contribution < -0.4 is 5.32 Å². The van der Waals surface area contributed by atoms with Crippen molar-refractivity contribution in [3.8, 4) is 0 Å². The Morgan fingerprint density at radius 1 is 1.09 bits per heavy atom. The Kier molecular flexibility index (Phi) is 6.47. The molecule has 2 atom stereocenters. The van der Waals surface area contributed by atoms with Gasteiger partial charge in [0.25, 0.3) is 5.91 Å². The summed E-state index contributed by atoms with van der Waals surface area (Å²) in [5, 5.41) is 5.52. The minimum absolute atomic E-state index is 0.0127. The minimum Gasteiger partial charge on any atom is -0.370 e. The van der Waals surface area contributed by atoms with E-state index < -0.39 is 0 Å². The number of carbonyl (C=O) groups excluding carboxylic acids is 2. The van der Waals surface area contributed by atoms with Crippen molar-refractivity contribution in [1.29, 1.82) is 0 Å². The maximum absolute atomic E-state index is 13.1. The van der Waals surface area contributed by atoms with Gasteiger partial charge in [0.1, 0.15) is 4.88 Å². The molecule has 1 spiro atoms. The zero-order chi connectivity index (χ0) is 23.7. The number of fused-ring (bicyclic) bond motifs is 2. The van der Waals surface area contributed by atoms with Crippen LogP contribution in [0.25, 0.3) is 0 Å². The van der Waals surface area contributed by atoms with Gasteiger partial charge in [-0.1, -0.05) is 66.2 Å². The molecular formula is C27H27ClN2O3S. The molecule has 5 nitrogen and oxygen atoms in total. The summed E-state index contributed by atoms with van der Waals surface area (Å²) in [6.45, 7) is 3.23. The Balaban J connectivity index is 1.45. The van der Waals surface area contributed by atoms with Crippen molar-refractivity contribution in [2.24, 2.45) is 0 Å². The van der Waals surface area contributed by atoms with Gasteiger partial charge in [-0.05, 0) is 41.0 Å². The first kappa shape index (κ1) is 23.1. The van der Waals surface area contributed by atoms with Crippen LogP contribution in [0.2, 0.25) is 5.02 Å². The van der Waals surface area contributed by atoms with Gasteiger partial charge >= 0.3 is 0 Å². The standard InChI is InChI=1S/C27H27ClN2O3S/c1-18(31)29-23-20-9-5-6-10-21(20)27(25(23)33-17-19-7-3-2-4-8-19)12-14-30(15-13-27)26(32)24-22(28)11-16-34-24/h2-11,16,23,25H,12-15,17H2,1H3,(H,29,31)/t23-,25+/m1/s1. The van der Waals surface area contributed by atoms with Crippen molar-refractivity contribution in [3.63, 3.8) is 0 Å². The van der Waals surface area contributed by atoms with E-state index in [9.17, 15) is 9.59 Å². The molecule has 1 aliphatic carbocycles. The third-order valence-electron chi connectivity index (χ3n) is 7.07. The molecule has 1 aliphatic heterocycles. The molecule has 3 aromatic rings. The molecule has 0 saturated carbocycles. The lowest BCUT2D eigenvalue weighted by atomic mass is 9.71. The van der Waals surface area contributed by atoms with E-state index in [1.807, 2.05) is 52.7 Å². The summed E-state index contributed by atoms with van der Waals surface area (Å²) in [7, 11) is 0. The van der Waals surface area contributed by atoms with Crippen LogP contribution in [0.4, 0.5) is 0 Å². The predicted molar refractivity (Wildman–Crippen MR) is 134 cm³/mol. The number of amides is 2. The van der Waals surface area contributed by atoms with Crippen LogP contribution in [0.3, 0.4) is 0 Å². The van der Waals surface area contributed by atoms with E-state index in [1.165, 1.54) is 16.9 Å². The van der Waals surface area contributed by atoms with E-state index in [1.54, 1.807) is 13.0 Å². The van der Waals surface area contributed by atoms with Crippen LogP contribution in [0.1, 0.15) is 52.2 Å². The molecule has 1 N–H and O–H groups in total. The number of hydrogen-bond acceptors (Lipinski definition) is 4. The van der Waals surface area contributed by atoms with Crippen LogP contribution >= 0.6 is 22.9 Å². The smallest absolute Gasteiger partial charge is 0.265 e. The van der Waals surface area contributed by atoms with E-state index in [-0.39, 0.29) is 29.4 Å². The minimum atomic E-state index is -0.283. The largest absolute Gasteiger partial charge is 0.370 e. The van der Waals surface area contributed by atoms with E-state index >= 15 is 0 Å². The third-order valence-corrected chi connectivity index (χ3v) is 8.39. The number of rotatable bonds is 5. The fourth-order valence-corrected chi connectivity index (χ4v) is 6.60. The van der Waals surface area contributed by atoms with Crippen molar-refractivity contribution in [2.75, 3.05) is 13.1 Å². The molecule has 0 unspecified atom stereocenters. The molecule has 2 aliphatic rings.